The quantitative estimate of drug-likeness (QED) is 0.699. The third-order valence-corrected chi connectivity index (χ3v) is 6.13. The molecule has 5 N–H and O–H groups in total. The number of piperazine rings is 1. The maximum atomic E-state index is 12.9. The minimum absolute atomic E-state index is 0.00285. The second-order valence-corrected chi connectivity index (χ2v) is 8.14. The Bertz CT molecular complexity index is 945. The molecule has 0 atom stereocenters. The molecule has 7 nitrogen and oxygen atoms in total. The van der Waals surface area contributed by atoms with Gasteiger partial charge in [0.25, 0.3) is 5.91 Å². The first kappa shape index (κ1) is 20.4. The van der Waals surface area contributed by atoms with Crippen molar-refractivity contribution in [2.24, 2.45) is 11.5 Å². The van der Waals surface area contributed by atoms with Gasteiger partial charge in [0.1, 0.15) is 0 Å². The smallest absolute Gasteiger partial charge is 0.253 e. The molecule has 30 heavy (non-hydrogen) atoms. The van der Waals surface area contributed by atoms with Crippen molar-refractivity contribution in [2.45, 2.75) is 24.9 Å². The third kappa shape index (κ3) is 3.91. The Hall–Kier alpha value is -2.90. The Kier molecular flexibility index (Phi) is 5.49. The fourth-order valence-corrected chi connectivity index (χ4v) is 3.93. The van der Waals surface area contributed by atoms with E-state index in [1.54, 1.807) is 4.90 Å². The third-order valence-electron chi connectivity index (χ3n) is 6.13. The number of carbonyl (C=O) groups excluding carboxylic acids is 2. The monoisotopic (exact) mass is 407 g/mol. The molecule has 2 aliphatic rings. The van der Waals surface area contributed by atoms with Crippen LogP contribution >= 0.6 is 0 Å². The summed E-state index contributed by atoms with van der Waals surface area (Å²) in [6.07, 6.45) is 1.53. The molecule has 7 heteroatoms. The number of hydrogen-bond acceptors (Lipinski definition) is 5. The van der Waals surface area contributed by atoms with Gasteiger partial charge in [0.05, 0.1) is 5.54 Å². The van der Waals surface area contributed by atoms with Crippen molar-refractivity contribution >= 4 is 17.5 Å². The predicted molar refractivity (Wildman–Crippen MR) is 118 cm³/mol. The number of amides is 2. The van der Waals surface area contributed by atoms with E-state index < -0.39 is 5.54 Å². The lowest BCUT2D eigenvalue weighted by molar-refractivity contribution is -0.135. The first-order valence-electron chi connectivity index (χ1n) is 10.4. The molecule has 1 aliphatic carbocycles. The molecule has 2 fully saturated rings. The molecule has 2 aromatic rings. The van der Waals surface area contributed by atoms with Crippen LogP contribution in [0.3, 0.4) is 0 Å². The van der Waals surface area contributed by atoms with E-state index in [0.29, 0.717) is 38.3 Å². The second-order valence-electron chi connectivity index (χ2n) is 8.14. The molecular formula is C23H29N5O2. The summed E-state index contributed by atoms with van der Waals surface area (Å²) in [5.41, 5.74) is 16.0. The van der Waals surface area contributed by atoms with E-state index in [4.69, 9.17) is 11.5 Å². The Morgan fingerprint density at radius 1 is 0.967 bits per heavy atom. The number of rotatable bonds is 5. The van der Waals surface area contributed by atoms with Crippen LogP contribution in [0.15, 0.2) is 42.5 Å². The van der Waals surface area contributed by atoms with Gasteiger partial charge in [-0.25, -0.2) is 0 Å². The van der Waals surface area contributed by atoms with E-state index in [0.717, 1.165) is 35.2 Å². The number of nitrogens with two attached hydrogens (primary N) is 2. The van der Waals surface area contributed by atoms with Crippen LogP contribution in [0.4, 0.5) is 5.69 Å². The van der Waals surface area contributed by atoms with Crippen molar-refractivity contribution < 1.29 is 9.59 Å². The van der Waals surface area contributed by atoms with Gasteiger partial charge in [0.15, 0.2) is 0 Å². The highest BCUT2D eigenvalue weighted by Crippen LogP contribution is 2.34. The van der Waals surface area contributed by atoms with E-state index in [1.807, 2.05) is 48.3 Å². The summed E-state index contributed by atoms with van der Waals surface area (Å²) in [7, 11) is 1.88. The van der Waals surface area contributed by atoms with Crippen LogP contribution in [0.1, 0.15) is 28.8 Å². The molecule has 0 bridgehead atoms. The van der Waals surface area contributed by atoms with Crippen molar-refractivity contribution in [2.75, 3.05) is 38.5 Å². The van der Waals surface area contributed by atoms with Gasteiger partial charge < -0.3 is 26.6 Å². The minimum atomic E-state index is -0.641. The summed E-state index contributed by atoms with van der Waals surface area (Å²) in [5, 5.41) is 3.18. The summed E-state index contributed by atoms with van der Waals surface area (Å²) in [6.45, 7) is 2.64. The van der Waals surface area contributed by atoms with Crippen molar-refractivity contribution in [3.8, 4) is 11.1 Å². The maximum Gasteiger partial charge on any atom is 0.253 e. The summed E-state index contributed by atoms with van der Waals surface area (Å²) in [5.74, 6) is 0.0254. The van der Waals surface area contributed by atoms with Gasteiger partial charge in [-0.05, 0) is 47.7 Å². The zero-order valence-electron chi connectivity index (χ0n) is 17.4. The summed E-state index contributed by atoms with van der Waals surface area (Å²) >= 11 is 0. The molecule has 0 aromatic heterocycles. The van der Waals surface area contributed by atoms with Crippen LogP contribution in [0.5, 0.6) is 0 Å². The van der Waals surface area contributed by atoms with Crippen LogP contribution in [0.25, 0.3) is 11.1 Å². The molecule has 0 spiro atoms. The van der Waals surface area contributed by atoms with E-state index in [9.17, 15) is 9.59 Å². The van der Waals surface area contributed by atoms with Crippen LogP contribution < -0.4 is 16.8 Å². The maximum absolute atomic E-state index is 12.9. The molecule has 2 amide bonds. The zero-order chi connectivity index (χ0) is 21.3. The largest absolute Gasteiger partial charge is 0.388 e. The first-order valence-corrected chi connectivity index (χ1v) is 10.4. The predicted octanol–water partition coefficient (Wildman–Crippen LogP) is 1.63. The molecule has 1 saturated carbocycles. The highest BCUT2D eigenvalue weighted by atomic mass is 16.2. The Morgan fingerprint density at radius 3 is 2.13 bits per heavy atom. The average molecular weight is 408 g/mol. The number of anilines is 1. The number of benzene rings is 2. The fourth-order valence-electron chi connectivity index (χ4n) is 3.93. The van der Waals surface area contributed by atoms with Gasteiger partial charge in [-0.3, -0.25) is 9.59 Å². The summed E-state index contributed by atoms with van der Waals surface area (Å²) in [4.78, 5) is 28.9. The van der Waals surface area contributed by atoms with Crippen LogP contribution in [-0.4, -0.2) is 60.4 Å². The van der Waals surface area contributed by atoms with Crippen molar-refractivity contribution in [1.29, 1.82) is 0 Å². The minimum Gasteiger partial charge on any atom is -0.388 e. The van der Waals surface area contributed by atoms with Crippen molar-refractivity contribution in [3.63, 3.8) is 0 Å². The van der Waals surface area contributed by atoms with E-state index in [-0.39, 0.29) is 11.8 Å². The van der Waals surface area contributed by atoms with E-state index in [1.165, 1.54) is 0 Å². The van der Waals surface area contributed by atoms with Gasteiger partial charge in [0.2, 0.25) is 5.91 Å². The van der Waals surface area contributed by atoms with Gasteiger partial charge in [-0.1, -0.05) is 24.3 Å². The molecule has 1 heterocycles. The summed E-state index contributed by atoms with van der Waals surface area (Å²) in [6, 6.07) is 13.8. The Balaban J connectivity index is 1.41. The Morgan fingerprint density at radius 2 is 1.57 bits per heavy atom. The van der Waals surface area contributed by atoms with Crippen LogP contribution in [-0.2, 0) is 11.3 Å². The lowest BCUT2D eigenvalue weighted by Gasteiger charge is -2.36. The highest BCUT2D eigenvalue weighted by molar-refractivity contribution is 5.95. The topological polar surface area (TPSA) is 105 Å². The number of hydrogen-bond donors (Lipinski definition) is 3. The normalized spacial score (nSPS) is 17.6. The average Bonchev–Trinajstić information content (AvgIpc) is 3.56. The van der Waals surface area contributed by atoms with Crippen molar-refractivity contribution in [3.05, 3.63) is 53.6 Å². The lowest BCUT2D eigenvalue weighted by Crippen LogP contribution is -2.55. The molecule has 2 aromatic carbocycles. The van der Waals surface area contributed by atoms with Gasteiger partial charge in [-0.15, -0.1) is 0 Å². The molecular weight excluding hydrogens is 378 g/mol. The first-order chi connectivity index (χ1) is 14.4. The van der Waals surface area contributed by atoms with Crippen molar-refractivity contribution in [1.82, 2.24) is 9.80 Å². The van der Waals surface area contributed by atoms with Gasteiger partial charge in [-0.2, -0.15) is 0 Å². The molecule has 0 radical (unpaired) electrons. The number of nitrogens with zero attached hydrogens (tertiary/aromatic N) is 2. The van der Waals surface area contributed by atoms with Crippen LogP contribution in [0, 0.1) is 0 Å². The Labute approximate surface area is 177 Å². The second kappa shape index (κ2) is 8.08. The molecule has 0 unspecified atom stereocenters. The zero-order valence-corrected chi connectivity index (χ0v) is 17.4. The number of carbonyl (C=O) groups is 2. The lowest BCUT2D eigenvalue weighted by atomic mass is 10.0. The SMILES string of the molecule is CNc1cc(-c2ccc(C(=O)N3CCN(C(=O)C4(N)CC4)CC3)cc2)ccc1CN. The van der Waals surface area contributed by atoms with E-state index >= 15 is 0 Å². The molecule has 4 rings (SSSR count). The standard InChI is InChI=1S/C23H29N5O2/c1-26-20-14-18(6-7-19(20)15-24)16-2-4-17(5-3-16)21(29)27-10-12-28(13-11-27)22(30)23(25)8-9-23/h2-7,14,26H,8-13,15,24-25H2,1H3. The molecule has 1 saturated heterocycles. The highest BCUT2D eigenvalue weighted by Gasteiger charge is 2.48. The van der Waals surface area contributed by atoms with Crippen LogP contribution in [0.2, 0.25) is 0 Å². The summed E-state index contributed by atoms with van der Waals surface area (Å²) < 4.78 is 0. The molecule has 1 aliphatic heterocycles. The van der Waals surface area contributed by atoms with E-state index in [2.05, 4.69) is 11.4 Å². The molecule has 158 valence electrons. The van der Waals surface area contributed by atoms with Gasteiger partial charge >= 0.3 is 0 Å². The van der Waals surface area contributed by atoms with Gasteiger partial charge in [0, 0.05) is 51.0 Å². The fraction of sp³-hybridized carbons (Fsp3) is 0.391. The number of nitrogens with one attached hydrogen (secondary N) is 1.